The van der Waals surface area contributed by atoms with Gasteiger partial charge < -0.3 is 15.4 Å². The molecule has 0 fully saturated rings. The SMILES string of the molecule is COc1ccc(CNc2ccc3c(c2)Nc2ccccc2S(=O)(=O)N3C)cc1. The van der Waals surface area contributed by atoms with Crippen molar-refractivity contribution in [3.63, 3.8) is 0 Å². The van der Waals surface area contributed by atoms with Crippen LogP contribution in [0.5, 0.6) is 5.75 Å². The Hall–Kier alpha value is -3.19. The molecule has 0 saturated carbocycles. The van der Waals surface area contributed by atoms with Gasteiger partial charge in [0.25, 0.3) is 10.0 Å². The zero-order valence-corrected chi connectivity index (χ0v) is 16.5. The Balaban J connectivity index is 1.62. The van der Waals surface area contributed by atoms with Crippen molar-refractivity contribution in [1.82, 2.24) is 0 Å². The van der Waals surface area contributed by atoms with Crippen molar-refractivity contribution < 1.29 is 13.2 Å². The molecule has 0 saturated heterocycles. The topological polar surface area (TPSA) is 70.7 Å². The number of methoxy groups -OCH3 is 1. The van der Waals surface area contributed by atoms with Crippen LogP contribution in [0.4, 0.5) is 22.7 Å². The van der Waals surface area contributed by atoms with E-state index in [0.717, 1.165) is 22.7 Å². The highest BCUT2D eigenvalue weighted by molar-refractivity contribution is 7.93. The van der Waals surface area contributed by atoms with Crippen LogP contribution in [0.25, 0.3) is 0 Å². The standard InChI is InChI=1S/C21H21N3O3S/c1-24-20-12-9-16(22-14-15-7-10-17(27-2)11-8-15)13-19(20)23-18-5-3-4-6-21(18)28(24,25)26/h3-13,22-23H,14H2,1-2H3. The van der Waals surface area contributed by atoms with Gasteiger partial charge in [0.15, 0.2) is 0 Å². The van der Waals surface area contributed by atoms with E-state index in [0.29, 0.717) is 17.9 Å². The van der Waals surface area contributed by atoms with Crippen molar-refractivity contribution in [1.29, 1.82) is 0 Å². The summed E-state index contributed by atoms with van der Waals surface area (Å²) >= 11 is 0. The molecule has 2 N–H and O–H groups in total. The van der Waals surface area contributed by atoms with Gasteiger partial charge in [-0.3, -0.25) is 4.31 Å². The first-order valence-corrected chi connectivity index (χ1v) is 10.3. The molecule has 1 aliphatic rings. The molecule has 144 valence electrons. The van der Waals surface area contributed by atoms with E-state index >= 15 is 0 Å². The van der Waals surface area contributed by atoms with Gasteiger partial charge in [0.05, 0.1) is 24.2 Å². The lowest BCUT2D eigenvalue weighted by Gasteiger charge is -2.19. The molecule has 0 radical (unpaired) electrons. The van der Waals surface area contributed by atoms with Crippen LogP contribution in [0.3, 0.4) is 0 Å². The maximum atomic E-state index is 12.9. The summed E-state index contributed by atoms with van der Waals surface area (Å²) in [5.41, 5.74) is 3.92. The lowest BCUT2D eigenvalue weighted by Crippen LogP contribution is -2.25. The Morgan fingerprint density at radius 1 is 1.00 bits per heavy atom. The molecule has 0 bridgehead atoms. The van der Waals surface area contributed by atoms with E-state index in [4.69, 9.17) is 4.74 Å². The van der Waals surface area contributed by atoms with E-state index in [9.17, 15) is 8.42 Å². The van der Waals surface area contributed by atoms with Gasteiger partial charge in [0, 0.05) is 19.3 Å². The third kappa shape index (κ3) is 3.25. The van der Waals surface area contributed by atoms with Gasteiger partial charge in [-0.2, -0.15) is 0 Å². The smallest absolute Gasteiger partial charge is 0.266 e. The summed E-state index contributed by atoms with van der Waals surface area (Å²) < 4.78 is 32.3. The van der Waals surface area contributed by atoms with E-state index in [1.807, 2.05) is 48.5 Å². The highest BCUT2D eigenvalue weighted by Crippen LogP contribution is 2.39. The average molecular weight is 395 g/mol. The number of nitrogens with zero attached hydrogens (tertiary/aromatic N) is 1. The van der Waals surface area contributed by atoms with E-state index in [2.05, 4.69) is 10.6 Å². The minimum atomic E-state index is -3.61. The van der Waals surface area contributed by atoms with Crippen LogP contribution in [0.1, 0.15) is 5.56 Å². The second-order valence-corrected chi connectivity index (χ2v) is 8.46. The average Bonchev–Trinajstić information content (AvgIpc) is 2.80. The molecule has 1 heterocycles. The Bertz CT molecular complexity index is 1110. The summed E-state index contributed by atoms with van der Waals surface area (Å²) in [5.74, 6) is 0.820. The number of anilines is 4. The van der Waals surface area contributed by atoms with Crippen LogP contribution in [0.2, 0.25) is 0 Å². The molecule has 6 nitrogen and oxygen atoms in total. The molecule has 0 spiro atoms. The van der Waals surface area contributed by atoms with E-state index in [-0.39, 0.29) is 4.90 Å². The van der Waals surface area contributed by atoms with Gasteiger partial charge in [-0.25, -0.2) is 8.42 Å². The van der Waals surface area contributed by atoms with Crippen LogP contribution < -0.4 is 19.7 Å². The van der Waals surface area contributed by atoms with Crippen LogP contribution in [-0.4, -0.2) is 22.6 Å². The van der Waals surface area contributed by atoms with Crippen LogP contribution >= 0.6 is 0 Å². The van der Waals surface area contributed by atoms with E-state index < -0.39 is 10.0 Å². The number of hydrogen-bond donors (Lipinski definition) is 2. The fraction of sp³-hybridized carbons (Fsp3) is 0.143. The summed E-state index contributed by atoms with van der Waals surface area (Å²) in [6, 6.07) is 20.4. The van der Waals surface area contributed by atoms with Crippen molar-refractivity contribution in [2.75, 3.05) is 29.1 Å². The number of sulfonamides is 1. The third-order valence-corrected chi connectivity index (χ3v) is 6.62. The third-order valence-electron chi connectivity index (χ3n) is 4.79. The zero-order valence-electron chi connectivity index (χ0n) is 15.6. The molecule has 1 aliphatic heterocycles. The predicted molar refractivity (Wildman–Crippen MR) is 112 cm³/mol. The summed E-state index contributed by atoms with van der Waals surface area (Å²) in [4.78, 5) is 0.265. The Morgan fingerprint density at radius 3 is 2.50 bits per heavy atom. The maximum Gasteiger partial charge on any atom is 0.266 e. The van der Waals surface area contributed by atoms with Crippen molar-refractivity contribution >= 4 is 32.8 Å². The summed E-state index contributed by atoms with van der Waals surface area (Å²) in [6.07, 6.45) is 0. The van der Waals surface area contributed by atoms with Crippen molar-refractivity contribution in [2.45, 2.75) is 11.4 Å². The second kappa shape index (κ2) is 7.09. The van der Waals surface area contributed by atoms with Crippen molar-refractivity contribution in [3.05, 3.63) is 72.3 Å². The molecule has 0 atom stereocenters. The summed E-state index contributed by atoms with van der Waals surface area (Å²) in [5, 5.41) is 6.64. The minimum absolute atomic E-state index is 0.265. The van der Waals surface area contributed by atoms with Crippen molar-refractivity contribution in [2.24, 2.45) is 0 Å². The van der Waals surface area contributed by atoms with Gasteiger partial charge in [-0.1, -0.05) is 24.3 Å². The Labute approximate surface area is 164 Å². The second-order valence-electron chi connectivity index (χ2n) is 6.53. The number of fused-ring (bicyclic) bond motifs is 2. The Kier molecular flexibility index (Phi) is 4.60. The normalized spacial score (nSPS) is 14.3. The maximum absolute atomic E-state index is 12.9. The highest BCUT2D eigenvalue weighted by atomic mass is 32.2. The molecular weight excluding hydrogens is 374 g/mol. The molecule has 3 aromatic carbocycles. The first-order chi connectivity index (χ1) is 13.5. The predicted octanol–water partition coefficient (Wildman–Crippen LogP) is 4.19. The fourth-order valence-corrected chi connectivity index (χ4v) is 4.55. The largest absolute Gasteiger partial charge is 0.497 e. The van der Waals surface area contributed by atoms with Gasteiger partial charge in [0.1, 0.15) is 10.6 Å². The van der Waals surface area contributed by atoms with Gasteiger partial charge in [-0.15, -0.1) is 0 Å². The van der Waals surface area contributed by atoms with Gasteiger partial charge in [-0.05, 0) is 48.0 Å². The molecule has 0 amide bonds. The lowest BCUT2D eigenvalue weighted by atomic mass is 10.2. The first kappa shape index (κ1) is 18.2. The zero-order chi connectivity index (χ0) is 19.7. The quantitative estimate of drug-likeness (QED) is 0.693. The van der Waals surface area contributed by atoms with E-state index in [1.165, 1.54) is 4.31 Å². The van der Waals surface area contributed by atoms with Crippen LogP contribution in [0, 0.1) is 0 Å². The fourth-order valence-electron chi connectivity index (χ4n) is 3.19. The van der Waals surface area contributed by atoms with Crippen LogP contribution in [-0.2, 0) is 16.6 Å². The number of ether oxygens (including phenoxy) is 1. The first-order valence-electron chi connectivity index (χ1n) is 8.85. The monoisotopic (exact) mass is 395 g/mol. The molecular formula is C21H21N3O3S. The summed E-state index contributed by atoms with van der Waals surface area (Å²) in [7, 11) is -0.391. The Morgan fingerprint density at radius 2 is 1.75 bits per heavy atom. The minimum Gasteiger partial charge on any atom is -0.497 e. The van der Waals surface area contributed by atoms with Crippen LogP contribution in [0.15, 0.2) is 71.6 Å². The lowest BCUT2D eigenvalue weighted by molar-refractivity contribution is 0.414. The number of nitrogens with one attached hydrogen (secondary N) is 2. The number of rotatable bonds is 4. The van der Waals surface area contributed by atoms with E-state index in [1.54, 1.807) is 32.4 Å². The van der Waals surface area contributed by atoms with Gasteiger partial charge >= 0.3 is 0 Å². The molecule has 4 rings (SSSR count). The molecule has 3 aromatic rings. The van der Waals surface area contributed by atoms with Crippen molar-refractivity contribution in [3.8, 4) is 5.75 Å². The number of para-hydroxylation sites is 1. The highest BCUT2D eigenvalue weighted by Gasteiger charge is 2.29. The molecule has 28 heavy (non-hydrogen) atoms. The molecule has 7 heteroatoms. The molecule has 0 aromatic heterocycles. The molecule has 0 aliphatic carbocycles. The summed E-state index contributed by atoms with van der Waals surface area (Å²) in [6.45, 7) is 0.646. The number of hydrogen-bond acceptors (Lipinski definition) is 5. The molecule has 0 unspecified atom stereocenters. The number of benzene rings is 3. The van der Waals surface area contributed by atoms with Gasteiger partial charge in [0.2, 0.25) is 0 Å².